The average Bonchev–Trinajstić information content (AvgIpc) is 2.46. The van der Waals surface area contributed by atoms with E-state index in [1.807, 2.05) is 24.3 Å². The van der Waals surface area contributed by atoms with Crippen LogP contribution in [0.3, 0.4) is 0 Å². The van der Waals surface area contributed by atoms with E-state index in [-0.39, 0.29) is 0 Å². The van der Waals surface area contributed by atoms with Crippen LogP contribution in [0.5, 0.6) is 0 Å². The van der Waals surface area contributed by atoms with Crippen molar-refractivity contribution in [3.63, 3.8) is 0 Å². The maximum atomic E-state index is 8.50. The molecule has 0 spiro atoms. The van der Waals surface area contributed by atoms with Crippen LogP contribution in [-0.2, 0) is 4.84 Å². The fourth-order valence-corrected chi connectivity index (χ4v) is 1.76. The second-order valence-electron chi connectivity index (χ2n) is 4.27. The number of hydroxylamine groups is 1. The van der Waals surface area contributed by atoms with Gasteiger partial charge in [0.15, 0.2) is 0 Å². The Morgan fingerprint density at radius 3 is 2.75 bits per heavy atom. The molecule has 0 aromatic heterocycles. The number of nitriles is 1. The van der Waals surface area contributed by atoms with E-state index in [1.54, 1.807) is 0 Å². The lowest BCUT2D eigenvalue weighted by molar-refractivity contribution is 0.0847. The summed E-state index contributed by atoms with van der Waals surface area (Å²) >= 11 is 5.89. The van der Waals surface area contributed by atoms with Crippen LogP contribution in [0, 0.1) is 11.3 Å². The van der Waals surface area contributed by atoms with Crippen molar-refractivity contribution in [2.75, 3.05) is 13.2 Å². The maximum Gasteiger partial charge on any atom is 0.0868 e. The lowest BCUT2D eigenvalue weighted by Crippen LogP contribution is -2.18. The molecule has 3 N–H and O–H groups in total. The molecular weight excluding hydrogens is 274 g/mol. The van der Waals surface area contributed by atoms with Crippen LogP contribution < -0.4 is 11.2 Å². The molecule has 1 rings (SSSR count). The van der Waals surface area contributed by atoms with Crippen LogP contribution in [0.15, 0.2) is 30.3 Å². The number of hydrogen-bond acceptors (Lipinski definition) is 4. The van der Waals surface area contributed by atoms with Gasteiger partial charge in [-0.1, -0.05) is 29.8 Å². The maximum absolute atomic E-state index is 8.50. The summed E-state index contributed by atoms with van der Waals surface area (Å²) in [6, 6.07) is 9.69. The minimum atomic E-state index is 0.444. The van der Waals surface area contributed by atoms with E-state index in [9.17, 15) is 0 Å². The van der Waals surface area contributed by atoms with Crippen molar-refractivity contribution in [1.82, 2.24) is 5.48 Å². The van der Waals surface area contributed by atoms with Crippen LogP contribution in [0.4, 0.5) is 0 Å². The number of nitrogens with one attached hydrogen (secondary N) is 1. The van der Waals surface area contributed by atoms with Gasteiger partial charge < -0.3 is 5.73 Å². The fraction of sp³-hybridized carbons (Fsp3) is 0.400. The van der Waals surface area contributed by atoms with E-state index in [1.165, 1.54) is 0 Å². The number of nitrogens with zero attached hydrogens (tertiary/aromatic N) is 1. The summed E-state index contributed by atoms with van der Waals surface area (Å²) in [4.78, 5) is 5.28. The molecule has 0 unspecified atom stereocenters. The summed E-state index contributed by atoms with van der Waals surface area (Å²) in [6.45, 7) is 0.905. The first kappa shape index (κ1) is 16.5. The largest absolute Gasteiger partial charge is 0.328 e. The first-order valence-corrected chi connectivity index (χ1v) is 7.06. The summed E-state index contributed by atoms with van der Waals surface area (Å²) in [5.41, 5.74) is 10.2. The van der Waals surface area contributed by atoms with Gasteiger partial charge in [0.2, 0.25) is 0 Å². The topological polar surface area (TPSA) is 71.1 Å². The van der Waals surface area contributed by atoms with Crippen LogP contribution in [0.2, 0.25) is 5.02 Å². The van der Waals surface area contributed by atoms with Crippen molar-refractivity contribution in [2.24, 2.45) is 5.73 Å². The van der Waals surface area contributed by atoms with Gasteiger partial charge in [-0.25, -0.2) is 0 Å². The SMILES string of the molecule is N#CCCCCC=C(NOCCN)c1ccc(Cl)cc1. The fourth-order valence-electron chi connectivity index (χ4n) is 1.63. The van der Waals surface area contributed by atoms with Crippen LogP contribution in [0.25, 0.3) is 5.70 Å². The molecule has 0 saturated carbocycles. The van der Waals surface area contributed by atoms with Crippen molar-refractivity contribution in [3.05, 3.63) is 40.9 Å². The summed E-state index contributed by atoms with van der Waals surface area (Å²) in [5, 5.41) is 9.20. The van der Waals surface area contributed by atoms with Gasteiger partial charge in [0.05, 0.1) is 18.4 Å². The van der Waals surface area contributed by atoms with Crippen molar-refractivity contribution in [1.29, 1.82) is 5.26 Å². The van der Waals surface area contributed by atoms with E-state index >= 15 is 0 Å². The smallest absolute Gasteiger partial charge is 0.0868 e. The second-order valence-corrected chi connectivity index (χ2v) is 4.70. The number of allylic oxidation sites excluding steroid dienone is 1. The van der Waals surface area contributed by atoms with Gasteiger partial charge in [-0.2, -0.15) is 5.26 Å². The number of halogens is 1. The van der Waals surface area contributed by atoms with Gasteiger partial charge >= 0.3 is 0 Å². The minimum Gasteiger partial charge on any atom is -0.328 e. The van der Waals surface area contributed by atoms with E-state index in [4.69, 9.17) is 27.4 Å². The molecular formula is C15H20ClN3O. The van der Waals surface area contributed by atoms with Gasteiger partial charge in [0.1, 0.15) is 0 Å². The molecule has 0 amide bonds. The predicted molar refractivity (Wildman–Crippen MR) is 81.7 cm³/mol. The highest BCUT2D eigenvalue weighted by atomic mass is 35.5. The Bertz CT molecular complexity index is 451. The molecule has 0 heterocycles. The first-order chi connectivity index (χ1) is 9.77. The molecule has 108 valence electrons. The minimum absolute atomic E-state index is 0.444. The van der Waals surface area contributed by atoms with Crippen molar-refractivity contribution < 1.29 is 4.84 Å². The summed E-state index contributed by atoms with van der Waals surface area (Å²) in [7, 11) is 0. The highest BCUT2D eigenvalue weighted by Gasteiger charge is 2.01. The monoisotopic (exact) mass is 293 g/mol. The first-order valence-electron chi connectivity index (χ1n) is 6.69. The zero-order valence-corrected chi connectivity index (χ0v) is 12.2. The Kier molecular flexibility index (Phi) is 8.48. The number of unbranched alkanes of at least 4 members (excludes halogenated alkanes) is 3. The quantitative estimate of drug-likeness (QED) is 0.541. The number of benzene rings is 1. The Balaban J connectivity index is 2.61. The summed E-state index contributed by atoms with van der Waals surface area (Å²) in [6.07, 6.45) is 5.44. The standard InChI is InChI=1S/C15H20ClN3O/c16-14-8-6-13(7-9-14)15(19-20-12-11-18)5-3-1-2-4-10-17/h5-9,19H,1-4,11-12,18H2. The highest BCUT2D eigenvalue weighted by molar-refractivity contribution is 6.30. The zero-order valence-electron chi connectivity index (χ0n) is 11.4. The number of nitrogens with two attached hydrogens (primary N) is 1. The van der Waals surface area contributed by atoms with Crippen molar-refractivity contribution in [2.45, 2.75) is 25.7 Å². The number of rotatable bonds is 9. The molecule has 4 nitrogen and oxygen atoms in total. The third kappa shape index (κ3) is 6.58. The average molecular weight is 294 g/mol. The van der Waals surface area contributed by atoms with Crippen molar-refractivity contribution in [3.8, 4) is 6.07 Å². The molecule has 0 fully saturated rings. The normalized spacial score (nSPS) is 11.2. The van der Waals surface area contributed by atoms with Crippen LogP contribution in [-0.4, -0.2) is 13.2 Å². The molecule has 5 heteroatoms. The van der Waals surface area contributed by atoms with Crippen molar-refractivity contribution >= 4 is 17.3 Å². The third-order valence-electron chi connectivity index (χ3n) is 2.65. The van der Waals surface area contributed by atoms with Gasteiger partial charge in [-0.15, -0.1) is 0 Å². The predicted octanol–water partition coefficient (Wildman–Crippen LogP) is 3.24. The molecule has 0 radical (unpaired) electrons. The van der Waals surface area contributed by atoms with Gasteiger partial charge in [-0.3, -0.25) is 10.3 Å². The Morgan fingerprint density at radius 2 is 2.10 bits per heavy atom. The molecule has 0 bridgehead atoms. The third-order valence-corrected chi connectivity index (χ3v) is 2.90. The Morgan fingerprint density at radius 1 is 1.35 bits per heavy atom. The molecule has 20 heavy (non-hydrogen) atoms. The molecule has 0 saturated heterocycles. The summed E-state index contributed by atoms with van der Waals surface area (Å²) in [5.74, 6) is 0. The zero-order chi connectivity index (χ0) is 14.6. The molecule has 1 aromatic rings. The lowest BCUT2D eigenvalue weighted by atomic mass is 10.1. The number of hydrogen-bond donors (Lipinski definition) is 2. The molecule has 0 aliphatic rings. The second kappa shape index (κ2) is 10.3. The Hall–Kier alpha value is -1.54. The van der Waals surface area contributed by atoms with Crippen LogP contribution in [0.1, 0.15) is 31.2 Å². The van der Waals surface area contributed by atoms with E-state index in [0.29, 0.717) is 24.6 Å². The molecule has 0 aliphatic heterocycles. The molecule has 1 aromatic carbocycles. The highest BCUT2D eigenvalue weighted by Crippen LogP contribution is 2.17. The van der Waals surface area contributed by atoms with E-state index in [0.717, 1.165) is 30.5 Å². The van der Waals surface area contributed by atoms with E-state index < -0.39 is 0 Å². The Labute approximate surface area is 125 Å². The molecule has 0 aliphatic carbocycles. The lowest BCUT2D eigenvalue weighted by Gasteiger charge is -2.11. The van der Waals surface area contributed by atoms with E-state index in [2.05, 4.69) is 17.6 Å². The molecule has 0 atom stereocenters. The van der Waals surface area contributed by atoms with Gasteiger partial charge in [-0.05, 0) is 37.0 Å². The van der Waals surface area contributed by atoms with Gasteiger partial charge in [0, 0.05) is 18.0 Å². The summed E-state index contributed by atoms with van der Waals surface area (Å²) < 4.78 is 0. The van der Waals surface area contributed by atoms with Gasteiger partial charge in [0.25, 0.3) is 0 Å². The van der Waals surface area contributed by atoms with Crippen LogP contribution >= 0.6 is 11.6 Å².